The molecule has 3 heteroatoms. The molecule has 0 N–H and O–H groups in total. The zero-order valence-electron chi connectivity index (χ0n) is 28.0. The fourth-order valence-corrected chi connectivity index (χ4v) is 7.18. The third kappa shape index (κ3) is 5.96. The monoisotopic (exact) mass is 653 g/mol. The Morgan fingerprint density at radius 1 is 0.373 bits per heavy atom. The van der Waals surface area contributed by atoms with Crippen LogP contribution in [-0.4, -0.2) is 5.71 Å². The van der Waals surface area contributed by atoms with Gasteiger partial charge in [-0.25, -0.2) is 0 Å². The number of fused-ring (bicyclic) bond motifs is 3. The number of allylic oxidation sites excluding steroid dienone is 4. The minimum absolute atomic E-state index is 0.121. The molecule has 0 fully saturated rings. The van der Waals surface area contributed by atoms with E-state index < -0.39 is 0 Å². The molecule has 0 aromatic heterocycles. The molecule has 9 rings (SSSR count). The first kappa shape index (κ1) is 30.4. The summed E-state index contributed by atoms with van der Waals surface area (Å²) in [5.74, 6) is 0.121. The van der Waals surface area contributed by atoms with Gasteiger partial charge >= 0.3 is 0 Å². The number of hydrogen-bond donors (Lipinski definition) is 0. The van der Waals surface area contributed by atoms with Crippen molar-refractivity contribution in [2.45, 2.75) is 5.92 Å². The minimum atomic E-state index is 0.121. The molecular formula is C48H35N3. The van der Waals surface area contributed by atoms with Crippen molar-refractivity contribution in [1.82, 2.24) is 0 Å². The summed E-state index contributed by atoms with van der Waals surface area (Å²) in [7, 11) is 0. The van der Waals surface area contributed by atoms with E-state index in [9.17, 15) is 0 Å². The maximum absolute atomic E-state index is 5.02. The molecule has 51 heavy (non-hydrogen) atoms. The number of anilines is 6. The molecule has 0 saturated carbocycles. The lowest BCUT2D eigenvalue weighted by Crippen LogP contribution is -2.10. The fourth-order valence-electron chi connectivity index (χ4n) is 7.18. The maximum Gasteiger partial charge on any atom is 0.0675 e. The van der Waals surface area contributed by atoms with Gasteiger partial charge < -0.3 is 9.80 Å². The van der Waals surface area contributed by atoms with Gasteiger partial charge in [0.05, 0.1) is 11.4 Å². The van der Waals surface area contributed by atoms with Gasteiger partial charge in [-0.1, -0.05) is 115 Å². The van der Waals surface area contributed by atoms with E-state index in [1.807, 2.05) is 0 Å². The molecule has 7 aromatic rings. The SMILES string of the molecule is C1=CC2=Nc3ccc(-c4ccc(N(c5ccccc5)c5ccccc5)cc4)cc3C2C=C1c1ccc(N(c2ccccc2)c2ccccc2)cc1. The van der Waals surface area contributed by atoms with E-state index in [2.05, 4.69) is 216 Å². The third-order valence-corrected chi connectivity index (χ3v) is 9.69. The summed E-state index contributed by atoms with van der Waals surface area (Å²) in [4.78, 5) is 9.60. The largest absolute Gasteiger partial charge is 0.311 e. The van der Waals surface area contributed by atoms with Crippen molar-refractivity contribution in [2.24, 2.45) is 4.99 Å². The second-order valence-electron chi connectivity index (χ2n) is 12.9. The van der Waals surface area contributed by atoms with E-state index in [0.717, 1.165) is 45.5 Å². The van der Waals surface area contributed by atoms with Gasteiger partial charge in [-0.3, -0.25) is 4.99 Å². The van der Waals surface area contributed by atoms with Crippen LogP contribution in [0.1, 0.15) is 17.0 Å². The van der Waals surface area contributed by atoms with Crippen LogP contribution >= 0.6 is 0 Å². The van der Waals surface area contributed by atoms with Gasteiger partial charge in [0.15, 0.2) is 0 Å². The summed E-state index contributed by atoms with van der Waals surface area (Å²) in [6.07, 6.45) is 6.76. The molecular weight excluding hydrogens is 619 g/mol. The normalized spacial score (nSPS) is 14.2. The molecule has 0 radical (unpaired) electrons. The van der Waals surface area contributed by atoms with E-state index in [1.165, 1.54) is 27.8 Å². The second-order valence-corrected chi connectivity index (χ2v) is 12.9. The molecule has 0 amide bonds. The Hall–Kier alpha value is -6.71. The molecule has 0 spiro atoms. The topological polar surface area (TPSA) is 18.8 Å². The molecule has 0 saturated heterocycles. The molecule has 1 aliphatic carbocycles. The van der Waals surface area contributed by atoms with Crippen molar-refractivity contribution in [3.8, 4) is 11.1 Å². The zero-order chi connectivity index (χ0) is 34.0. The standard InChI is InChI=1S/C48H35N3/c1-5-13-39(14-6-1)50(40-15-7-2-8-16-40)43-27-21-35(22-28-43)37-25-31-47-45(33-37)46-34-38(26-32-48(46)49-47)36-23-29-44(30-24-36)51(41-17-9-3-10-18-41)42-19-11-4-12-20-42/h1-34,45H. The van der Waals surface area contributed by atoms with E-state index in [-0.39, 0.29) is 5.92 Å². The summed E-state index contributed by atoms with van der Waals surface area (Å²) in [6.45, 7) is 0. The Bertz CT molecular complexity index is 2300. The quantitative estimate of drug-likeness (QED) is 0.163. The number of nitrogens with zero attached hydrogens (tertiary/aromatic N) is 3. The average molecular weight is 654 g/mol. The average Bonchev–Trinajstić information content (AvgIpc) is 3.58. The van der Waals surface area contributed by atoms with Crippen molar-refractivity contribution >= 4 is 51.1 Å². The lowest BCUT2D eigenvalue weighted by atomic mass is 9.86. The van der Waals surface area contributed by atoms with Crippen LogP contribution in [0.15, 0.2) is 211 Å². The Morgan fingerprint density at radius 3 is 1.25 bits per heavy atom. The summed E-state index contributed by atoms with van der Waals surface area (Å²) >= 11 is 0. The van der Waals surface area contributed by atoms with Crippen LogP contribution in [-0.2, 0) is 0 Å². The van der Waals surface area contributed by atoms with Crippen LogP contribution in [0.25, 0.3) is 16.7 Å². The molecule has 7 aromatic carbocycles. The molecule has 3 nitrogen and oxygen atoms in total. The minimum Gasteiger partial charge on any atom is -0.311 e. The van der Waals surface area contributed by atoms with Crippen molar-refractivity contribution in [3.05, 3.63) is 217 Å². The number of para-hydroxylation sites is 4. The Morgan fingerprint density at radius 2 is 0.784 bits per heavy atom. The van der Waals surface area contributed by atoms with Crippen LogP contribution in [0, 0.1) is 0 Å². The van der Waals surface area contributed by atoms with Crippen molar-refractivity contribution < 1.29 is 0 Å². The first-order valence-electron chi connectivity index (χ1n) is 17.4. The molecule has 2 aliphatic rings. The van der Waals surface area contributed by atoms with Gasteiger partial charge in [-0.15, -0.1) is 0 Å². The summed E-state index contributed by atoms with van der Waals surface area (Å²) < 4.78 is 0. The molecule has 1 unspecified atom stereocenters. The van der Waals surface area contributed by atoms with Gasteiger partial charge in [0.25, 0.3) is 0 Å². The van der Waals surface area contributed by atoms with Crippen molar-refractivity contribution in [1.29, 1.82) is 0 Å². The summed E-state index contributed by atoms with van der Waals surface area (Å²) in [6, 6.07) is 66.6. The van der Waals surface area contributed by atoms with Crippen LogP contribution in [0.4, 0.5) is 39.8 Å². The highest BCUT2D eigenvalue weighted by Gasteiger charge is 2.27. The molecule has 1 heterocycles. The molecule has 1 atom stereocenters. The highest BCUT2D eigenvalue weighted by molar-refractivity contribution is 6.11. The maximum atomic E-state index is 5.02. The van der Waals surface area contributed by atoms with Crippen LogP contribution < -0.4 is 9.80 Å². The first-order chi connectivity index (χ1) is 25.3. The number of hydrogen-bond acceptors (Lipinski definition) is 3. The van der Waals surface area contributed by atoms with E-state index in [1.54, 1.807) is 0 Å². The van der Waals surface area contributed by atoms with Crippen molar-refractivity contribution in [2.75, 3.05) is 9.80 Å². The third-order valence-electron chi connectivity index (χ3n) is 9.69. The predicted molar refractivity (Wildman–Crippen MR) is 215 cm³/mol. The van der Waals surface area contributed by atoms with Gasteiger partial charge in [0, 0.05) is 40.0 Å². The number of benzene rings is 7. The molecule has 242 valence electrons. The van der Waals surface area contributed by atoms with Crippen molar-refractivity contribution in [3.63, 3.8) is 0 Å². The first-order valence-corrected chi connectivity index (χ1v) is 17.4. The van der Waals surface area contributed by atoms with Gasteiger partial charge in [-0.2, -0.15) is 0 Å². The Balaban J connectivity index is 0.993. The number of aliphatic imine (C=N–C) groups is 1. The van der Waals surface area contributed by atoms with E-state index in [4.69, 9.17) is 4.99 Å². The van der Waals surface area contributed by atoms with E-state index >= 15 is 0 Å². The van der Waals surface area contributed by atoms with Crippen LogP contribution in [0.3, 0.4) is 0 Å². The fraction of sp³-hybridized carbons (Fsp3) is 0.0208. The summed E-state index contributed by atoms with van der Waals surface area (Å²) in [5.41, 5.74) is 14.9. The molecule has 1 aliphatic heterocycles. The second kappa shape index (κ2) is 13.3. The van der Waals surface area contributed by atoms with Gasteiger partial charge in [-0.05, 0) is 119 Å². The van der Waals surface area contributed by atoms with Crippen LogP contribution in [0.2, 0.25) is 0 Å². The lowest BCUT2D eigenvalue weighted by molar-refractivity contribution is 1.19. The molecule has 0 bridgehead atoms. The Labute approximate surface area is 299 Å². The summed E-state index contributed by atoms with van der Waals surface area (Å²) in [5, 5.41) is 0. The van der Waals surface area contributed by atoms with Gasteiger partial charge in [0.1, 0.15) is 0 Å². The highest BCUT2D eigenvalue weighted by atomic mass is 15.1. The smallest absolute Gasteiger partial charge is 0.0675 e. The van der Waals surface area contributed by atoms with Crippen LogP contribution in [0.5, 0.6) is 0 Å². The number of rotatable bonds is 8. The zero-order valence-corrected chi connectivity index (χ0v) is 28.0. The van der Waals surface area contributed by atoms with E-state index in [0.29, 0.717) is 0 Å². The van der Waals surface area contributed by atoms with Gasteiger partial charge in [0.2, 0.25) is 0 Å². The highest BCUT2D eigenvalue weighted by Crippen LogP contribution is 2.44. The lowest BCUT2D eigenvalue weighted by Gasteiger charge is -2.25. The Kier molecular flexibility index (Phi) is 7.92. The predicted octanol–water partition coefficient (Wildman–Crippen LogP) is 13.1.